The molecule has 1 aromatic carbocycles. The van der Waals surface area contributed by atoms with Crippen molar-refractivity contribution in [3.05, 3.63) is 29.8 Å². The van der Waals surface area contributed by atoms with Crippen LogP contribution in [0.5, 0.6) is 5.75 Å². The van der Waals surface area contributed by atoms with E-state index in [0.717, 1.165) is 56.3 Å². The van der Waals surface area contributed by atoms with Crippen molar-refractivity contribution in [3.8, 4) is 5.75 Å². The smallest absolute Gasteiger partial charge is 0.157 e. The summed E-state index contributed by atoms with van der Waals surface area (Å²) in [6.07, 6.45) is 4.02. The second kappa shape index (κ2) is 7.87. The summed E-state index contributed by atoms with van der Waals surface area (Å²) in [5.41, 5.74) is 0.892. The molecule has 2 fully saturated rings. The molecular weight excluding hydrogens is 348 g/mol. The van der Waals surface area contributed by atoms with Gasteiger partial charge in [0.05, 0.1) is 10.8 Å². The molecule has 26 heavy (non-hydrogen) atoms. The Labute approximate surface area is 158 Å². The average molecular weight is 381 g/mol. The van der Waals surface area contributed by atoms with Gasteiger partial charge in [-0.2, -0.15) is 0 Å². The maximum absolute atomic E-state index is 12.0. The van der Waals surface area contributed by atoms with Crippen molar-refractivity contribution in [2.75, 3.05) is 39.0 Å². The quantitative estimate of drug-likeness (QED) is 0.751. The van der Waals surface area contributed by atoms with Crippen LogP contribution in [-0.4, -0.2) is 58.4 Å². The highest BCUT2D eigenvalue weighted by Gasteiger charge is 2.53. The molecular formula is C20H32N2O3S. The molecule has 1 aromatic rings. The molecule has 0 amide bonds. The number of rotatable bonds is 8. The van der Waals surface area contributed by atoms with Gasteiger partial charge in [-0.1, -0.05) is 26.0 Å². The van der Waals surface area contributed by atoms with Gasteiger partial charge in [0.1, 0.15) is 12.4 Å². The first-order valence-electron chi connectivity index (χ1n) is 9.69. The van der Waals surface area contributed by atoms with E-state index >= 15 is 0 Å². The number of sulfone groups is 1. The fraction of sp³-hybridized carbons (Fsp3) is 0.700. The van der Waals surface area contributed by atoms with Crippen LogP contribution >= 0.6 is 0 Å². The molecule has 1 saturated carbocycles. The van der Waals surface area contributed by atoms with Crippen molar-refractivity contribution in [2.45, 2.75) is 43.9 Å². The molecule has 1 saturated heterocycles. The first-order chi connectivity index (χ1) is 12.3. The molecule has 0 radical (unpaired) electrons. The molecule has 1 aliphatic heterocycles. The minimum atomic E-state index is -3.06. The lowest BCUT2D eigenvalue weighted by atomic mass is 10.1. The summed E-state index contributed by atoms with van der Waals surface area (Å²) < 4.78 is 29.3. The standard InChI is InChI=1S/C20H32N2O3S/c1-16(2)8-12-22-13-11-21-18(14-22)15-25-19-6-4-17(5-7-19)20(9-10-20)26(3,23)24/h4-7,16,18,21H,8-15H2,1-3H3. The van der Waals surface area contributed by atoms with Gasteiger partial charge in [0, 0.05) is 25.9 Å². The minimum Gasteiger partial charge on any atom is -0.492 e. The lowest BCUT2D eigenvalue weighted by molar-refractivity contribution is 0.153. The van der Waals surface area contributed by atoms with Crippen molar-refractivity contribution in [2.24, 2.45) is 5.92 Å². The van der Waals surface area contributed by atoms with Gasteiger partial charge in [-0.3, -0.25) is 0 Å². The SMILES string of the molecule is CC(C)CCN1CCNC(COc2ccc(C3(S(C)(=O)=O)CC3)cc2)C1. The van der Waals surface area contributed by atoms with Crippen molar-refractivity contribution < 1.29 is 13.2 Å². The predicted octanol–water partition coefficient (Wildman–Crippen LogP) is 2.42. The van der Waals surface area contributed by atoms with Crippen LogP contribution in [0, 0.1) is 5.92 Å². The third kappa shape index (κ3) is 4.59. The summed E-state index contributed by atoms with van der Waals surface area (Å²) in [7, 11) is -3.06. The highest BCUT2D eigenvalue weighted by atomic mass is 32.2. The van der Waals surface area contributed by atoms with Crippen LogP contribution in [0.4, 0.5) is 0 Å². The summed E-state index contributed by atoms with van der Waals surface area (Å²) in [4.78, 5) is 2.51. The molecule has 146 valence electrons. The van der Waals surface area contributed by atoms with Crippen LogP contribution in [0.1, 0.15) is 38.7 Å². The Balaban J connectivity index is 1.51. The van der Waals surface area contributed by atoms with Gasteiger partial charge in [0.15, 0.2) is 9.84 Å². The first-order valence-corrected chi connectivity index (χ1v) is 11.6. The number of piperazine rings is 1. The van der Waals surface area contributed by atoms with E-state index in [0.29, 0.717) is 12.6 Å². The van der Waals surface area contributed by atoms with E-state index in [2.05, 4.69) is 24.1 Å². The predicted molar refractivity (Wildman–Crippen MR) is 105 cm³/mol. The van der Waals surface area contributed by atoms with Crippen LogP contribution in [-0.2, 0) is 14.6 Å². The van der Waals surface area contributed by atoms with E-state index in [-0.39, 0.29) is 0 Å². The fourth-order valence-corrected chi connectivity index (χ4v) is 5.10. The Morgan fingerprint density at radius 1 is 1.27 bits per heavy atom. The fourth-order valence-electron chi connectivity index (χ4n) is 3.69. The van der Waals surface area contributed by atoms with Gasteiger partial charge in [0.2, 0.25) is 0 Å². The van der Waals surface area contributed by atoms with Crippen molar-refractivity contribution >= 4 is 9.84 Å². The maximum Gasteiger partial charge on any atom is 0.157 e. The van der Waals surface area contributed by atoms with Crippen LogP contribution < -0.4 is 10.1 Å². The Morgan fingerprint density at radius 3 is 2.54 bits per heavy atom. The monoisotopic (exact) mass is 380 g/mol. The highest BCUT2D eigenvalue weighted by molar-refractivity contribution is 7.92. The molecule has 0 spiro atoms. The first kappa shape index (κ1) is 19.6. The summed E-state index contributed by atoms with van der Waals surface area (Å²) in [5.74, 6) is 1.54. The molecule has 1 aliphatic carbocycles. The van der Waals surface area contributed by atoms with Gasteiger partial charge in [-0.05, 0) is 49.4 Å². The van der Waals surface area contributed by atoms with Gasteiger partial charge < -0.3 is 15.0 Å². The van der Waals surface area contributed by atoms with Gasteiger partial charge >= 0.3 is 0 Å². The Bertz CT molecular complexity index is 696. The number of ether oxygens (including phenoxy) is 1. The minimum absolute atomic E-state index is 0.335. The van der Waals surface area contributed by atoms with Gasteiger partial charge in [-0.15, -0.1) is 0 Å². The molecule has 0 bridgehead atoms. The zero-order valence-electron chi connectivity index (χ0n) is 16.2. The van der Waals surface area contributed by atoms with Gasteiger partial charge in [0.25, 0.3) is 0 Å². The third-order valence-electron chi connectivity index (χ3n) is 5.61. The number of hydrogen-bond donors (Lipinski definition) is 1. The van der Waals surface area contributed by atoms with Crippen LogP contribution in [0.3, 0.4) is 0 Å². The lowest BCUT2D eigenvalue weighted by Crippen LogP contribution is -2.53. The second-order valence-corrected chi connectivity index (χ2v) is 10.6. The number of hydrogen-bond acceptors (Lipinski definition) is 5. The van der Waals surface area contributed by atoms with Gasteiger partial charge in [-0.25, -0.2) is 8.42 Å². The van der Waals surface area contributed by atoms with Crippen molar-refractivity contribution in [1.29, 1.82) is 0 Å². The second-order valence-electron chi connectivity index (χ2n) is 8.24. The normalized spacial score (nSPS) is 23.2. The Hall–Kier alpha value is -1.11. The topological polar surface area (TPSA) is 58.6 Å². The number of nitrogens with zero attached hydrogens (tertiary/aromatic N) is 1. The maximum atomic E-state index is 12.0. The largest absolute Gasteiger partial charge is 0.492 e. The van der Waals surface area contributed by atoms with Crippen LogP contribution in [0.2, 0.25) is 0 Å². The zero-order chi connectivity index (χ0) is 18.8. The van der Waals surface area contributed by atoms with E-state index in [1.165, 1.54) is 12.7 Å². The summed E-state index contributed by atoms with van der Waals surface area (Å²) >= 11 is 0. The third-order valence-corrected chi connectivity index (χ3v) is 7.67. The number of nitrogens with one attached hydrogen (secondary N) is 1. The van der Waals surface area contributed by atoms with Crippen molar-refractivity contribution in [3.63, 3.8) is 0 Å². The Kier molecular flexibility index (Phi) is 5.94. The zero-order valence-corrected chi connectivity index (χ0v) is 17.0. The van der Waals surface area contributed by atoms with Crippen LogP contribution in [0.25, 0.3) is 0 Å². The summed E-state index contributed by atoms with van der Waals surface area (Å²) in [5, 5.41) is 3.53. The van der Waals surface area contributed by atoms with Crippen molar-refractivity contribution in [1.82, 2.24) is 10.2 Å². The molecule has 2 aliphatic rings. The lowest BCUT2D eigenvalue weighted by Gasteiger charge is -2.33. The van der Waals surface area contributed by atoms with E-state index in [9.17, 15) is 8.42 Å². The molecule has 3 rings (SSSR count). The molecule has 6 heteroatoms. The average Bonchev–Trinajstić information content (AvgIpc) is 3.41. The molecule has 5 nitrogen and oxygen atoms in total. The molecule has 1 unspecified atom stereocenters. The van der Waals surface area contributed by atoms with E-state index in [4.69, 9.17) is 4.74 Å². The van der Waals surface area contributed by atoms with E-state index < -0.39 is 14.6 Å². The summed E-state index contributed by atoms with van der Waals surface area (Å²) in [6, 6.07) is 7.96. The molecule has 0 aromatic heterocycles. The molecule has 1 N–H and O–H groups in total. The Morgan fingerprint density at radius 2 is 1.96 bits per heavy atom. The van der Waals surface area contributed by atoms with E-state index in [1.807, 2.05) is 24.3 Å². The van der Waals surface area contributed by atoms with Crippen LogP contribution in [0.15, 0.2) is 24.3 Å². The molecule has 1 atom stereocenters. The number of benzene rings is 1. The highest BCUT2D eigenvalue weighted by Crippen LogP contribution is 2.52. The molecule has 1 heterocycles. The summed E-state index contributed by atoms with van der Waals surface area (Å²) in [6.45, 7) is 9.44. The van der Waals surface area contributed by atoms with E-state index in [1.54, 1.807) is 0 Å².